The van der Waals surface area contributed by atoms with E-state index in [9.17, 15) is 4.79 Å². The molecule has 1 radical (unpaired) electrons. The van der Waals surface area contributed by atoms with Crippen LogP contribution in [0.3, 0.4) is 0 Å². The Morgan fingerprint density at radius 3 is 2.43 bits per heavy atom. The van der Waals surface area contributed by atoms with Gasteiger partial charge in [0.25, 0.3) is 0 Å². The minimum Gasteiger partial charge on any atom is -0.677 e. The van der Waals surface area contributed by atoms with Gasteiger partial charge < -0.3 is 15.1 Å². The van der Waals surface area contributed by atoms with Crippen molar-refractivity contribution < 1.29 is 37.5 Å². The number of carbonyl (C=O) groups excluding carboxylic acids is 1. The Morgan fingerprint density at radius 2 is 1.90 bits per heavy atom. The van der Waals surface area contributed by atoms with Gasteiger partial charge in [-0.25, -0.2) is 0 Å². The van der Waals surface area contributed by atoms with Crippen molar-refractivity contribution in [2.24, 2.45) is 0 Å². The van der Waals surface area contributed by atoms with Gasteiger partial charge in [0.1, 0.15) is 0 Å². The summed E-state index contributed by atoms with van der Waals surface area (Å²) in [5.74, 6) is 0.128. The van der Waals surface area contributed by atoms with E-state index in [-0.39, 0.29) is 45.2 Å². The molecule has 1 atom stereocenters. The van der Waals surface area contributed by atoms with Gasteiger partial charge >= 0.3 is 0 Å². The molecule has 0 saturated carbocycles. The second-order valence-corrected chi connectivity index (χ2v) is 4.90. The van der Waals surface area contributed by atoms with E-state index in [0.29, 0.717) is 6.04 Å². The molecule has 1 aliphatic rings. The Morgan fingerprint density at radius 1 is 1.29 bits per heavy atom. The van der Waals surface area contributed by atoms with Crippen LogP contribution < -0.4 is 0 Å². The summed E-state index contributed by atoms with van der Waals surface area (Å²) in [7, 11) is 4.12. The third-order valence-corrected chi connectivity index (χ3v) is 3.40. The third kappa shape index (κ3) is 6.90. The van der Waals surface area contributed by atoms with Gasteiger partial charge in [0, 0.05) is 51.8 Å². The van der Waals surface area contributed by atoms with Gasteiger partial charge in [0.2, 0.25) is 5.91 Å². The Hall–Kier alpha value is -0.446. The van der Waals surface area contributed by atoms with E-state index in [0.717, 1.165) is 25.2 Å². The number of rotatable bonds is 4. The summed E-state index contributed by atoms with van der Waals surface area (Å²) in [4.78, 5) is 16.1. The molecule has 1 amide bonds. The van der Waals surface area contributed by atoms with Crippen molar-refractivity contribution >= 4 is 11.6 Å². The predicted octanol–water partition coefficient (Wildman–Crippen LogP) is 2.88. The molecule has 1 fully saturated rings. The van der Waals surface area contributed by atoms with Crippen LogP contribution in [0.25, 0.3) is 5.32 Å². The van der Waals surface area contributed by atoms with Crippen molar-refractivity contribution in [2.45, 2.75) is 26.3 Å². The number of hydrogen-bond acceptors (Lipinski definition) is 2. The zero-order chi connectivity index (χ0) is 15.0. The van der Waals surface area contributed by atoms with Crippen molar-refractivity contribution in [3.8, 4) is 0 Å². The summed E-state index contributed by atoms with van der Waals surface area (Å²) in [5, 5.41) is 4.32. The first-order valence-corrected chi connectivity index (χ1v) is 7.33. The quantitative estimate of drug-likeness (QED) is 0.823. The zero-order valence-electron chi connectivity index (χ0n) is 13.6. The molecule has 0 aliphatic carbocycles. The number of hydrogen-bond donors (Lipinski definition) is 0. The minimum absolute atomic E-state index is 0. The largest absolute Gasteiger partial charge is 0.677 e. The van der Waals surface area contributed by atoms with Crippen molar-refractivity contribution in [1.29, 1.82) is 0 Å². The molecule has 0 aromatic heterocycles. The average molecular weight is 365 g/mol. The molecule has 0 bridgehead atoms. The second-order valence-electron chi connectivity index (χ2n) is 4.90. The van der Waals surface area contributed by atoms with E-state index in [1.54, 1.807) is 0 Å². The number of carbonyl (C=O) groups is 1. The number of likely N-dealkylation sites (N-methyl/N-ethyl adjacent to an activating group) is 1. The molecule has 1 aliphatic heterocycles. The molecule has 1 aromatic rings. The fourth-order valence-corrected chi connectivity index (χ4v) is 2.18. The van der Waals surface area contributed by atoms with Crippen molar-refractivity contribution in [3.05, 3.63) is 35.6 Å². The number of nitrogens with zero attached hydrogens (tertiary/aromatic N) is 3. The maximum Gasteiger partial charge on any atom is 0.204 e. The number of amides is 1. The van der Waals surface area contributed by atoms with E-state index in [1.807, 2.05) is 49.1 Å². The molecule has 5 heteroatoms. The van der Waals surface area contributed by atoms with E-state index < -0.39 is 0 Å². The average Bonchev–Trinajstić information content (AvgIpc) is 2.98. The molecule has 0 spiro atoms. The monoisotopic (exact) mass is 365 g/mol. The Balaban J connectivity index is 0.00000128. The third-order valence-electron chi connectivity index (χ3n) is 3.40. The molecule has 1 unspecified atom stereocenters. The summed E-state index contributed by atoms with van der Waals surface area (Å²) < 4.78 is 0. The maximum atomic E-state index is 12.0. The van der Waals surface area contributed by atoms with Crippen LogP contribution in [0.4, 0.5) is 5.69 Å². The van der Waals surface area contributed by atoms with Crippen LogP contribution in [-0.4, -0.2) is 55.5 Å². The second kappa shape index (κ2) is 11.2. The predicted molar refractivity (Wildman–Crippen MR) is 84.3 cm³/mol. The van der Waals surface area contributed by atoms with Crippen LogP contribution in [0.2, 0.25) is 0 Å². The Bertz CT molecular complexity index is 398. The fraction of sp³-hybridized carbons (Fsp3) is 0.562. The molecule has 2 rings (SSSR count). The number of benzene rings is 1. The van der Waals surface area contributed by atoms with Crippen molar-refractivity contribution in [2.75, 3.05) is 33.7 Å². The first-order valence-electron chi connectivity index (χ1n) is 7.33. The summed E-state index contributed by atoms with van der Waals surface area (Å²) in [6.07, 6.45) is 1.06. The van der Waals surface area contributed by atoms with Gasteiger partial charge in [-0.05, 0) is 27.1 Å². The Labute approximate surface area is 154 Å². The van der Waals surface area contributed by atoms with Gasteiger partial charge in [0.15, 0.2) is 0 Å². The smallest absolute Gasteiger partial charge is 0.204 e. The van der Waals surface area contributed by atoms with E-state index in [4.69, 9.17) is 0 Å². The summed E-state index contributed by atoms with van der Waals surface area (Å²) >= 11 is 0. The first kappa shape index (κ1) is 20.6. The van der Waals surface area contributed by atoms with Crippen LogP contribution in [0.1, 0.15) is 20.3 Å². The summed E-state index contributed by atoms with van der Waals surface area (Å²) in [6, 6.07) is 10.1. The van der Waals surface area contributed by atoms with E-state index >= 15 is 0 Å². The van der Waals surface area contributed by atoms with Crippen LogP contribution in [0.5, 0.6) is 0 Å². The van der Waals surface area contributed by atoms with Crippen LogP contribution in [-0.2, 0) is 37.5 Å². The van der Waals surface area contributed by atoms with Gasteiger partial charge in [-0.15, -0.1) is 5.69 Å². The summed E-state index contributed by atoms with van der Waals surface area (Å²) in [5.41, 5.74) is 0.870. The topological polar surface area (TPSA) is 37.7 Å². The number of likely N-dealkylation sites (tertiary alicyclic amines) is 1. The van der Waals surface area contributed by atoms with Gasteiger partial charge in [-0.3, -0.25) is 4.79 Å². The summed E-state index contributed by atoms with van der Waals surface area (Å²) in [6.45, 7) is 5.94. The SMILES string of the molecule is CC.CN(C)C1CCN(C(=O)C[N-]c2ccccc2)C1.[Y]. The van der Waals surface area contributed by atoms with Gasteiger partial charge in [-0.2, -0.15) is 0 Å². The molecule has 4 nitrogen and oxygen atoms in total. The molecule has 115 valence electrons. The standard InChI is InChI=1S/C14H20N3O.C2H6.Y/c1-16(2)13-8-9-17(11-13)14(18)10-15-12-6-4-3-5-7-12;1-2;/h3-7,13H,8-11H2,1-2H3;1-2H3;/q-1;;. The maximum absolute atomic E-state index is 12.0. The normalized spacial score (nSPS) is 16.8. The van der Waals surface area contributed by atoms with E-state index in [2.05, 4.69) is 24.3 Å². The molecule has 1 heterocycles. The molecule has 1 aromatic carbocycles. The molecule has 21 heavy (non-hydrogen) atoms. The van der Waals surface area contributed by atoms with Crippen LogP contribution >= 0.6 is 0 Å². The minimum atomic E-state index is 0. The first-order chi connectivity index (χ1) is 9.66. The van der Waals surface area contributed by atoms with Gasteiger partial charge in [0.05, 0.1) is 0 Å². The number of para-hydroxylation sites is 1. The van der Waals surface area contributed by atoms with Crippen molar-refractivity contribution in [3.63, 3.8) is 0 Å². The molecule has 1 saturated heterocycles. The molecule has 0 N–H and O–H groups in total. The zero-order valence-corrected chi connectivity index (χ0v) is 16.5. The Kier molecular flexibility index (Phi) is 10.9. The van der Waals surface area contributed by atoms with E-state index in [1.165, 1.54) is 0 Å². The molecular weight excluding hydrogens is 339 g/mol. The van der Waals surface area contributed by atoms with Crippen LogP contribution in [0, 0.1) is 0 Å². The van der Waals surface area contributed by atoms with Gasteiger partial charge in [-0.1, -0.05) is 44.2 Å². The molecular formula is C16H26N3OY-. The fourth-order valence-electron chi connectivity index (χ4n) is 2.18. The van der Waals surface area contributed by atoms with Crippen LogP contribution in [0.15, 0.2) is 30.3 Å². The van der Waals surface area contributed by atoms with Crippen molar-refractivity contribution in [1.82, 2.24) is 9.80 Å².